The van der Waals surface area contributed by atoms with Crippen molar-refractivity contribution in [2.45, 2.75) is 45.3 Å². The first-order valence-corrected chi connectivity index (χ1v) is 33.4. The number of amides is 1. The molecule has 0 unspecified atom stereocenters. The number of fused-ring (bicyclic) bond motifs is 4. The van der Waals surface area contributed by atoms with Gasteiger partial charge >= 0.3 is 5.97 Å². The molecule has 26 nitrogen and oxygen atoms in total. The van der Waals surface area contributed by atoms with Crippen LogP contribution in [0.2, 0.25) is 0 Å². The Balaban J connectivity index is 0.000000142. The number of carboxylic acid groups (broad SMARTS) is 1. The maximum absolute atomic E-state index is 12.8. The van der Waals surface area contributed by atoms with Gasteiger partial charge in [-0.25, -0.2) is 81.1 Å². The van der Waals surface area contributed by atoms with E-state index in [0.29, 0.717) is 95.9 Å². The SMILES string of the molecule is COc1ccc(S(=O)(=O)N2CCc3cc(Br)cnc32)cc1.COc1ccc(S(=O)(=O)N2CCc3cc(C#N)cnc32)cc1.COc1ccc(S(=O)(=O)N2CCc3cc(C(=O)NO)cnc32)cc1.COc1ccc(S(=O)(=O)N2CCc3cc(C(=O)O)cnc32)cc1. The molecule has 4 aliphatic rings. The molecule has 468 valence electrons. The van der Waals surface area contributed by atoms with Crippen LogP contribution in [-0.4, -0.2) is 130 Å². The lowest BCUT2D eigenvalue weighted by atomic mass is 10.1. The minimum absolute atomic E-state index is 0.0486. The van der Waals surface area contributed by atoms with Crippen molar-refractivity contribution in [2.75, 3.05) is 71.8 Å². The second-order valence-electron chi connectivity index (χ2n) is 19.6. The van der Waals surface area contributed by atoms with Crippen molar-refractivity contribution in [1.82, 2.24) is 25.4 Å². The Kier molecular flexibility index (Phi) is 19.6. The van der Waals surface area contributed by atoms with Crippen molar-refractivity contribution in [3.63, 3.8) is 0 Å². The first-order valence-electron chi connectivity index (χ1n) is 26.8. The fourth-order valence-electron chi connectivity index (χ4n) is 9.73. The van der Waals surface area contributed by atoms with E-state index in [-0.39, 0.29) is 49.6 Å². The van der Waals surface area contributed by atoms with Gasteiger partial charge in [0, 0.05) is 55.4 Å². The second-order valence-corrected chi connectivity index (χ2v) is 28.0. The molecule has 0 bridgehead atoms. The van der Waals surface area contributed by atoms with Gasteiger partial charge in [0.25, 0.3) is 46.0 Å². The number of nitrogens with zero attached hydrogens (tertiary/aromatic N) is 9. The van der Waals surface area contributed by atoms with E-state index in [2.05, 4.69) is 35.9 Å². The Morgan fingerprint density at radius 3 is 1.07 bits per heavy atom. The van der Waals surface area contributed by atoms with Gasteiger partial charge in [0.2, 0.25) is 0 Å². The molecule has 0 saturated heterocycles. The molecule has 4 aromatic heterocycles. The van der Waals surface area contributed by atoms with Crippen LogP contribution in [-0.2, 0) is 65.8 Å². The van der Waals surface area contributed by atoms with Crippen LogP contribution in [0.15, 0.2) is 170 Å². The van der Waals surface area contributed by atoms with Crippen molar-refractivity contribution in [2.24, 2.45) is 0 Å². The Hall–Kier alpha value is -9.45. The number of aromatic nitrogens is 4. The van der Waals surface area contributed by atoms with Gasteiger partial charge in [0.1, 0.15) is 52.3 Å². The lowest BCUT2D eigenvalue weighted by molar-refractivity contribution is 0.0692. The lowest BCUT2D eigenvalue weighted by Crippen LogP contribution is -2.29. The smallest absolute Gasteiger partial charge is 0.337 e. The highest BCUT2D eigenvalue weighted by molar-refractivity contribution is 9.10. The van der Waals surface area contributed by atoms with Gasteiger partial charge in [-0.3, -0.25) is 10.0 Å². The van der Waals surface area contributed by atoms with Crippen molar-refractivity contribution in [1.29, 1.82) is 5.26 Å². The summed E-state index contributed by atoms with van der Waals surface area (Å²) in [6.45, 7) is 1.21. The normalized spacial score (nSPS) is 13.7. The lowest BCUT2D eigenvalue weighted by Gasteiger charge is -2.18. The number of nitrogens with one attached hydrogen (secondary N) is 1. The molecule has 1 amide bonds. The number of anilines is 4. The van der Waals surface area contributed by atoms with Crippen molar-refractivity contribution in [3.8, 4) is 29.1 Å². The summed E-state index contributed by atoms with van der Waals surface area (Å²) >= 11 is 3.35. The van der Waals surface area contributed by atoms with Crippen LogP contribution in [0.5, 0.6) is 23.0 Å². The van der Waals surface area contributed by atoms with Gasteiger partial charge in [-0.1, -0.05) is 0 Å². The molecule has 31 heteroatoms. The van der Waals surface area contributed by atoms with Crippen LogP contribution >= 0.6 is 15.9 Å². The summed E-state index contributed by atoms with van der Waals surface area (Å²) in [4.78, 5) is 39.6. The van der Waals surface area contributed by atoms with Gasteiger partial charge in [0.15, 0.2) is 0 Å². The second kappa shape index (κ2) is 27.1. The average molecular weight is 1370 g/mol. The Morgan fingerprint density at radius 1 is 0.467 bits per heavy atom. The number of rotatable bonds is 14. The third-order valence-corrected chi connectivity index (χ3v) is 22.0. The molecule has 0 radical (unpaired) electrons. The number of aromatic carboxylic acids is 1. The molecule has 0 fully saturated rings. The van der Waals surface area contributed by atoms with E-state index < -0.39 is 52.0 Å². The number of carboxylic acids is 1. The molecule has 0 atom stereocenters. The van der Waals surface area contributed by atoms with Gasteiger partial charge in [-0.05, 0) is 185 Å². The monoisotopic (exact) mass is 1370 g/mol. The van der Waals surface area contributed by atoms with Gasteiger partial charge < -0.3 is 24.1 Å². The molecular formula is C59H55BrN10O16S4. The van der Waals surface area contributed by atoms with E-state index in [0.717, 1.165) is 15.6 Å². The highest BCUT2D eigenvalue weighted by atomic mass is 79.9. The van der Waals surface area contributed by atoms with Crippen LogP contribution in [0.1, 0.15) is 48.5 Å². The number of carbonyl (C=O) groups is 2. The number of hydroxylamine groups is 1. The molecule has 0 spiro atoms. The number of hydrogen-bond donors (Lipinski definition) is 3. The largest absolute Gasteiger partial charge is 0.497 e. The topological polar surface area (TPSA) is 348 Å². The zero-order valence-corrected chi connectivity index (χ0v) is 53.0. The zero-order chi connectivity index (χ0) is 64.7. The third kappa shape index (κ3) is 13.6. The van der Waals surface area contributed by atoms with Crippen LogP contribution in [0, 0.1) is 11.3 Å². The number of nitriles is 1. The molecule has 4 aromatic carbocycles. The van der Waals surface area contributed by atoms with Crippen molar-refractivity contribution in [3.05, 3.63) is 190 Å². The van der Waals surface area contributed by atoms with Gasteiger partial charge in [-0.2, -0.15) is 5.26 Å². The molecule has 0 aliphatic carbocycles. The number of methoxy groups -OCH3 is 4. The molecule has 8 aromatic rings. The maximum Gasteiger partial charge on any atom is 0.337 e. The van der Waals surface area contributed by atoms with Gasteiger partial charge in [-0.15, -0.1) is 0 Å². The van der Waals surface area contributed by atoms with Crippen molar-refractivity contribution < 1.29 is 72.5 Å². The minimum Gasteiger partial charge on any atom is -0.497 e. The molecule has 8 heterocycles. The number of sulfonamides is 4. The number of halogens is 1. The maximum atomic E-state index is 12.8. The van der Waals surface area contributed by atoms with Gasteiger partial charge in [0.05, 0.1) is 64.7 Å². The Bertz CT molecular complexity index is 4530. The number of pyridine rings is 4. The molecule has 4 aliphatic heterocycles. The summed E-state index contributed by atoms with van der Waals surface area (Å²) < 4.78 is 128. The van der Waals surface area contributed by atoms with Crippen LogP contribution < -0.4 is 41.6 Å². The van der Waals surface area contributed by atoms with E-state index in [4.69, 9.17) is 34.5 Å². The van der Waals surface area contributed by atoms with Crippen LogP contribution in [0.3, 0.4) is 0 Å². The highest BCUT2D eigenvalue weighted by Crippen LogP contribution is 2.37. The Morgan fingerprint density at radius 2 is 0.756 bits per heavy atom. The van der Waals surface area contributed by atoms with E-state index in [9.17, 15) is 43.3 Å². The number of ether oxygens (including phenoxy) is 4. The average Bonchev–Trinajstić information content (AvgIpc) is 1.66. The Labute approximate surface area is 526 Å². The fourth-order valence-corrected chi connectivity index (χ4v) is 15.9. The molecule has 90 heavy (non-hydrogen) atoms. The minimum atomic E-state index is -3.75. The molecule has 12 rings (SSSR count). The first kappa shape index (κ1) is 65.0. The molecular weight excluding hydrogens is 1310 g/mol. The summed E-state index contributed by atoms with van der Waals surface area (Å²) in [5.74, 6) is 2.05. The van der Waals surface area contributed by atoms with Crippen LogP contribution in [0.25, 0.3) is 0 Å². The van der Waals surface area contributed by atoms with E-state index in [1.54, 1.807) is 80.0 Å². The third-order valence-electron chi connectivity index (χ3n) is 14.3. The first-order chi connectivity index (χ1) is 43.0. The predicted molar refractivity (Wildman–Crippen MR) is 330 cm³/mol. The van der Waals surface area contributed by atoms with E-state index in [1.807, 2.05) is 12.1 Å². The summed E-state index contributed by atoms with van der Waals surface area (Å²) in [7, 11) is -8.67. The summed E-state index contributed by atoms with van der Waals surface area (Å²) in [5.41, 5.74) is 5.13. The standard InChI is InChI=1S/C15H15N3O5S.C15H13N3O3S.C15H14N2O5S.C14H13BrN2O3S/c1-23-12-2-4-13(5-3-12)24(21,22)18-7-6-10-8-11(15(19)17-20)9-16-14(10)18;1-21-13-2-4-14(5-3-13)22(19,20)18-7-6-12-8-11(9-16)10-17-15(12)18;1-22-12-2-4-13(5-3-12)23(20,21)17-7-6-10-8-11(15(18)19)9-16-14(10)17;1-20-12-2-4-13(5-3-12)21(18,19)17-7-6-10-8-11(15)9-16-14(10)17/h2-5,8-9,20H,6-7H2,1H3,(H,17,19);2-5,8,10H,6-7H2,1H3;2-5,8-9H,6-7H2,1H3,(H,18,19);2-5,8-9H,6-7H2,1H3. The fraction of sp³-hybridized carbons (Fsp3) is 0.203. The molecule has 3 N–H and O–H groups in total. The summed E-state index contributed by atoms with van der Waals surface area (Å²) in [6, 6.07) is 33.4. The quantitative estimate of drug-likeness (QED) is 0.0742. The number of hydrogen-bond acceptors (Lipinski definition) is 20. The predicted octanol–water partition coefficient (Wildman–Crippen LogP) is 6.82. The van der Waals surface area contributed by atoms with Crippen LogP contribution in [0.4, 0.5) is 23.3 Å². The number of carbonyl (C=O) groups excluding carboxylic acids is 1. The van der Waals surface area contributed by atoms with Crippen molar-refractivity contribution >= 4 is 91.2 Å². The molecule has 0 saturated carbocycles. The number of benzene rings is 4. The highest BCUT2D eigenvalue weighted by Gasteiger charge is 2.36. The van der Waals surface area contributed by atoms with E-state index >= 15 is 0 Å². The summed E-state index contributed by atoms with van der Waals surface area (Å²) in [5, 5.41) is 26.5. The van der Waals surface area contributed by atoms with E-state index in [1.165, 1.54) is 111 Å². The summed E-state index contributed by atoms with van der Waals surface area (Å²) in [6.07, 6.45) is 7.48. The zero-order valence-electron chi connectivity index (χ0n) is 48.2.